The fourth-order valence-corrected chi connectivity index (χ4v) is 3.32. The topological polar surface area (TPSA) is 21.3 Å². The highest BCUT2D eigenvalue weighted by atomic mass is 16.5. The highest BCUT2D eigenvalue weighted by molar-refractivity contribution is 4.98. The second-order valence-electron chi connectivity index (χ2n) is 6.56. The van der Waals surface area contributed by atoms with Crippen LogP contribution in [0.2, 0.25) is 0 Å². The molecule has 0 aromatic rings. The Hall–Kier alpha value is -0.0800. The number of rotatable bonds is 7. The molecule has 0 spiro atoms. The van der Waals surface area contributed by atoms with E-state index in [1.165, 1.54) is 38.5 Å². The highest BCUT2D eigenvalue weighted by Gasteiger charge is 2.43. The second-order valence-corrected chi connectivity index (χ2v) is 6.56. The van der Waals surface area contributed by atoms with E-state index in [0.717, 1.165) is 13.2 Å². The molecular formula is C16H33NO. The zero-order valence-electron chi connectivity index (χ0n) is 13.1. The predicted molar refractivity (Wildman–Crippen MR) is 79.0 cm³/mol. The minimum atomic E-state index is 0.0935. The highest BCUT2D eigenvalue weighted by Crippen LogP contribution is 2.44. The van der Waals surface area contributed by atoms with Crippen molar-refractivity contribution in [3.05, 3.63) is 0 Å². The average Bonchev–Trinajstić information content (AvgIpc) is 2.32. The van der Waals surface area contributed by atoms with Crippen molar-refractivity contribution in [1.82, 2.24) is 5.32 Å². The average molecular weight is 255 g/mol. The first-order valence-electron chi connectivity index (χ1n) is 7.87. The van der Waals surface area contributed by atoms with E-state index in [4.69, 9.17) is 4.74 Å². The maximum atomic E-state index is 6.27. The molecule has 1 rings (SSSR count). The third-order valence-corrected chi connectivity index (χ3v) is 4.54. The van der Waals surface area contributed by atoms with Crippen molar-refractivity contribution in [3.63, 3.8) is 0 Å². The zero-order chi connectivity index (χ0) is 13.6. The molecule has 1 aliphatic carbocycles. The molecule has 0 aromatic heterocycles. The van der Waals surface area contributed by atoms with Crippen molar-refractivity contribution in [1.29, 1.82) is 0 Å². The molecule has 0 aliphatic heterocycles. The lowest BCUT2D eigenvalue weighted by molar-refractivity contribution is -0.107. The first kappa shape index (κ1) is 16.0. The van der Waals surface area contributed by atoms with Gasteiger partial charge in [0.2, 0.25) is 0 Å². The van der Waals surface area contributed by atoms with E-state index >= 15 is 0 Å². The Morgan fingerprint density at radius 3 is 2.11 bits per heavy atom. The lowest BCUT2D eigenvalue weighted by atomic mass is 9.67. The Labute approximate surface area is 114 Å². The lowest BCUT2D eigenvalue weighted by Gasteiger charge is -2.48. The molecule has 0 saturated heterocycles. The molecule has 18 heavy (non-hydrogen) atoms. The van der Waals surface area contributed by atoms with Crippen LogP contribution >= 0.6 is 0 Å². The lowest BCUT2D eigenvalue weighted by Crippen LogP contribution is -2.55. The van der Waals surface area contributed by atoms with Crippen LogP contribution in [0, 0.1) is 5.41 Å². The fourth-order valence-electron chi connectivity index (χ4n) is 3.32. The van der Waals surface area contributed by atoms with Crippen molar-refractivity contribution < 1.29 is 4.74 Å². The number of ether oxygens (including phenoxy) is 1. The van der Waals surface area contributed by atoms with Crippen LogP contribution in [0.3, 0.4) is 0 Å². The normalized spacial score (nSPS) is 23.8. The number of hydrogen-bond acceptors (Lipinski definition) is 2. The molecule has 1 saturated carbocycles. The van der Waals surface area contributed by atoms with Gasteiger partial charge < -0.3 is 10.1 Å². The van der Waals surface area contributed by atoms with Gasteiger partial charge >= 0.3 is 0 Å². The molecule has 0 radical (unpaired) electrons. The molecular weight excluding hydrogens is 222 g/mol. The molecule has 1 fully saturated rings. The van der Waals surface area contributed by atoms with Gasteiger partial charge in [-0.25, -0.2) is 0 Å². The molecule has 0 heterocycles. The summed E-state index contributed by atoms with van der Waals surface area (Å²) in [7, 11) is 0. The monoisotopic (exact) mass is 255 g/mol. The Bertz CT molecular complexity index is 221. The molecule has 1 atom stereocenters. The molecule has 1 unspecified atom stereocenters. The third-order valence-electron chi connectivity index (χ3n) is 4.54. The summed E-state index contributed by atoms with van der Waals surface area (Å²) in [5, 5.41) is 3.68. The molecule has 2 nitrogen and oxygen atoms in total. The van der Waals surface area contributed by atoms with Crippen molar-refractivity contribution in [2.24, 2.45) is 5.41 Å². The van der Waals surface area contributed by atoms with Gasteiger partial charge in [-0.2, -0.15) is 0 Å². The number of likely N-dealkylation sites (N-methyl/N-ethyl adjacent to an activating group) is 1. The second kappa shape index (κ2) is 6.91. The van der Waals surface area contributed by atoms with E-state index in [0.29, 0.717) is 11.5 Å². The predicted octanol–water partition coefficient (Wildman–Crippen LogP) is 4.14. The van der Waals surface area contributed by atoms with Gasteiger partial charge in [0.1, 0.15) is 0 Å². The van der Waals surface area contributed by atoms with E-state index in [1.807, 2.05) is 0 Å². The molecule has 1 aliphatic rings. The summed E-state index contributed by atoms with van der Waals surface area (Å²) in [6.07, 6.45) is 7.47. The quantitative estimate of drug-likeness (QED) is 0.738. The maximum absolute atomic E-state index is 6.27. The van der Waals surface area contributed by atoms with Crippen molar-refractivity contribution in [2.75, 3.05) is 13.2 Å². The van der Waals surface area contributed by atoms with Gasteiger partial charge in [0.05, 0.1) is 5.60 Å². The number of nitrogens with one attached hydrogen (secondary N) is 1. The van der Waals surface area contributed by atoms with Crippen LogP contribution in [0.15, 0.2) is 0 Å². The Morgan fingerprint density at radius 2 is 1.67 bits per heavy atom. The van der Waals surface area contributed by atoms with Crippen molar-refractivity contribution >= 4 is 0 Å². The van der Waals surface area contributed by atoms with Gasteiger partial charge in [0.25, 0.3) is 0 Å². The zero-order valence-corrected chi connectivity index (χ0v) is 13.1. The maximum Gasteiger partial charge on any atom is 0.0834 e. The Morgan fingerprint density at radius 1 is 1.06 bits per heavy atom. The van der Waals surface area contributed by atoms with Crippen LogP contribution in [0.25, 0.3) is 0 Å². The van der Waals surface area contributed by atoms with Crippen LogP contribution in [-0.4, -0.2) is 24.8 Å². The smallest absolute Gasteiger partial charge is 0.0834 e. The number of hydrogen-bond donors (Lipinski definition) is 1. The van der Waals surface area contributed by atoms with Crippen LogP contribution in [0.4, 0.5) is 0 Å². The summed E-state index contributed by atoms with van der Waals surface area (Å²) >= 11 is 0. The van der Waals surface area contributed by atoms with E-state index in [1.54, 1.807) is 0 Å². The SMILES string of the molecule is CCCC(NCC)C1(OCC)CCC(C)(C)CC1. The summed E-state index contributed by atoms with van der Waals surface area (Å²) in [6.45, 7) is 13.3. The van der Waals surface area contributed by atoms with Gasteiger partial charge in [-0.1, -0.05) is 34.1 Å². The summed E-state index contributed by atoms with van der Waals surface area (Å²) in [4.78, 5) is 0. The largest absolute Gasteiger partial charge is 0.374 e. The van der Waals surface area contributed by atoms with Crippen LogP contribution < -0.4 is 5.32 Å². The first-order valence-corrected chi connectivity index (χ1v) is 7.87. The van der Waals surface area contributed by atoms with Gasteiger partial charge in [0, 0.05) is 12.6 Å². The summed E-state index contributed by atoms with van der Waals surface area (Å²) in [6, 6.07) is 0.531. The molecule has 1 N–H and O–H groups in total. The van der Waals surface area contributed by atoms with E-state index in [2.05, 4.69) is 39.9 Å². The van der Waals surface area contributed by atoms with Gasteiger partial charge in [0.15, 0.2) is 0 Å². The molecule has 0 aromatic carbocycles. The third kappa shape index (κ3) is 3.96. The van der Waals surface area contributed by atoms with Crippen LogP contribution in [0.1, 0.15) is 73.1 Å². The fraction of sp³-hybridized carbons (Fsp3) is 1.00. The molecule has 0 amide bonds. The van der Waals surface area contributed by atoms with E-state index in [-0.39, 0.29) is 5.60 Å². The van der Waals surface area contributed by atoms with E-state index < -0.39 is 0 Å². The standard InChI is InChI=1S/C16H33NO/c1-6-9-14(17-7-2)16(18-8-3)12-10-15(4,5)11-13-16/h14,17H,6-13H2,1-5H3. The van der Waals surface area contributed by atoms with Gasteiger partial charge in [-0.05, 0) is 51.0 Å². The first-order chi connectivity index (χ1) is 8.49. The summed E-state index contributed by atoms with van der Waals surface area (Å²) in [5.74, 6) is 0. The van der Waals surface area contributed by atoms with Gasteiger partial charge in [-0.15, -0.1) is 0 Å². The molecule has 2 heteroatoms. The van der Waals surface area contributed by atoms with Crippen LogP contribution in [0.5, 0.6) is 0 Å². The van der Waals surface area contributed by atoms with Gasteiger partial charge in [-0.3, -0.25) is 0 Å². The molecule has 0 bridgehead atoms. The minimum Gasteiger partial charge on any atom is -0.374 e. The van der Waals surface area contributed by atoms with Crippen molar-refractivity contribution in [3.8, 4) is 0 Å². The Balaban J connectivity index is 2.78. The summed E-state index contributed by atoms with van der Waals surface area (Å²) < 4.78 is 6.27. The molecule has 108 valence electrons. The minimum absolute atomic E-state index is 0.0935. The van der Waals surface area contributed by atoms with Crippen LogP contribution in [-0.2, 0) is 4.74 Å². The Kier molecular flexibility index (Phi) is 6.13. The van der Waals surface area contributed by atoms with E-state index in [9.17, 15) is 0 Å². The summed E-state index contributed by atoms with van der Waals surface area (Å²) in [5.41, 5.74) is 0.597. The van der Waals surface area contributed by atoms with Crippen molar-refractivity contribution in [2.45, 2.75) is 84.8 Å².